The molecule has 0 radical (unpaired) electrons. The Morgan fingerprint density at radius 1 is 0.976 bits per heavy atom. The standard InChI is InChI=1S/C31H39N3O8/c1-7-9-12-19-32-28(39)31(6,33-29(40)41-20-8-2)21-15-17-22(18-16-21)34(25(35)27(38)42-30(3,4)5)24-14-11-10-13-23(24)26(36)37/h8,10-11,13-18H,2,7,9,12,19-20H2,1,3-6H3,(H,32,39)(H,33,40)(H,36,37). The largest absolute Gasteiger partial charge is 0.478 e. The number of aromatic carboxylic acids is 1. The molecule has 0 aliphatic carbocycles. The highest BCUT2D eigenvalue weighted by molar-refractivity contribution is 6.40. The second kappa shape index (κ2) is 14.8. The van der Waals surface area contributed by atoms with Gasteiger partial charge in [-0.25, -0.2) is 14.4 Å². The Balaban J connectivity index is 2.57. The average molecular weight is 582 g/mol. The fourth-order valence-corrected chi connectivity index (χ4v) is 3.96. The van der Waals surface area contributed by atoms with E-state index in [1.807, 2.05) is 6.92 Å². The third-order valence-electron chi connectivity index (χ3n) is 6.06. The number of ether oxygens (including phenoxy) is 2. The molecule has 0 bridgehead atoms. The third kappa shape index (κ3) is 8.92. The maximum Gasteiger partial charge on any atom is 0.408 e. The fourth-order valence-electron chi connectivity index (χ4n) is 3.96. The van der Waals surface area contributed by atoms with Crippen molar-refractivity contribution in [2.75, 3.05) is 18.1 Å². The Bertz CT molecular complexity index is 1300. The summed E-state index contributed by atoms with van der Waals surface area (Å²) in [4.78, 5) is 65.0. The number of carboxylic acid groups (broad SMARTS) is 1. The predicted molar refractivity (Wildman–Crippen MR) is 157 cm³/mol. The zero-order valence-corrected chi connectivity index (χ0v) is 24.7. The Hall–Kier alpha value is -4.67. The zero-order chi connectivity index (χ0) is 31.5. The average Bonchev–Trinajstić information content (AvgIpc) is 2.93. The molecule has 226 valence electrons. The molecule has 0 spiro atoms. The van der Waals surface area contributed by atoms with E-state index < -0.39 is 41.0 Å². The van der Waals surface area contributed by atoms with Crippen molar-refractivity contribution in [1.29, 1.82) is 0 Å². The maximum atomic E-state index is 13.4. The van der Waals surface area contributed by atoms with Crippen LogP contribution in [-0.4, -0.2) is 53.7 Å². The quantitative estimate of drug-likeness (QED) is 0.140. The predicted octanol–water partition coefficient (Wildman–Crippen LogP) is 4.83. The molecule has 0 aliphatic heterocycles. The van der Waals surface area contributed by atoms with Crippen molar-refractivity contribution in [1.82, 2.24) is 10.6 Å². The molecule has 1 unspecified atom stereocenters. The van der Waals surface area contributed by atoms with Crippen LogP contribution in [0.4, 0.5) is 16.2 Å². The number of rotatable bonds is 12. The van der Waals surface area contributed by atoms with Crippen molar-refractivity contribution >= 4 is 41.2 Å². The Kier molecular flexibility index (Phi) is 11.8. The van der Waals surface area contributed by atoms with Crippen molar-refractivity contribution in [2.24, 2.45) is 0 Å². The molecule has 0 saturated heterocycles. The molecule has 1 atom stereocenters. The van der Waals surface area contributed by atoms with Gasteiger partial charge in [-0.05, 0) is 63.9 Å². The molecule has 2 aromatic carbocycles. The summed E-state index contributed by atoms with van der Waals surface area (Å²) in [6, 6.07) is 11.6. The summed E-state index contributed by atoms with van der Waals surface area (Å²) in [6.07, 6.45) is 3.18. The van der Waals surface area contributed by atoms with Gasteiger partial charge in [-0.15, -0.1) is 0 Å². The molecule has 0 aromatic heterocycles. The van der Waals surface area contributed by atoms with E-state index >= 15 is 0 Å². The summed E-state index contributed by atoms with van der Waals surface area (Å²) in [6.45, 7) is 12.2. The fraction of sp³-hybridized carbons (Fsp3) is 0.387. The molecule has 0 saturated carbocycles. The first kappa shape index (κ1) is 33.5. The molecule has 42 heavy (non-hydrogen) atoms. The Morgan fingerprint density at radius 3 is 2.19 bits per heavy atom. The van der Waals surface area contributed by atoms with E-state index in [4.69, 9.17) is 9.47 Å². The lowest BCUT2D eigenvalue weighted by atomic mass is 9.90. The summed E-state index contributed by atoms with van der Waals surface area (Å²) >= 11 is 0. The number of benzene rings is 2. The van der Waals surface area contributed by atoms with Gasteiger partial charge in [0, 0.05) is 12.2 Å². The third-order valence-corrected chi connectivity index (χ3v) is 6.06. The lowest BCUT2D eigenvalue weighted by Crippen LogP contribution is -2.54. The van der Waals surface area contributed by atoms with Gasteiger partial charge in [-0.2, -0.15) is 0 Å². The number of anilines is 2. The summed E-state index contributed by atoms with van der Waals surface area (Å²) in [5, 5.41) is 15.2. The lowest BCUT2D eigenvalue weighted by molar-refractivity contribution is -0.162. The van der Waals surface area contributed by atoms with E-state index in [0.29, 0.717) is 12.1 Å². The van der Waals surface area contributed by atoms with Crippen LogP contribution in [-0.2, 0) is 29.4 Å². The highest BCUT2D eigenvalue weighted by atomic mass is 16.6. The van der Waals surface area contributed by atoms with Gasteiger partial charge in [0.2, 0.25) is 5.91 Å². The summed E-state index contributed by atoms with van der Waals surface area (Å²) < 4.78 is 10.3. The number of carboxylic acids is 1. The monoisotopic (exact) mass is 581 g/mol. The highest BCUT2D eigenvalue weighted by Crippen LogP contribution is 2.32. The number of hydrogen-bond donors (Lipinski definition) is 3. The number of hydrogen-bond acceptors (Lipinski definition) is 7. The summed E-state index contributed by atoms with van der Waals surface area (Å²) in [7, 11) is 0. The van der Waals surface area contributed by atoms with E-state index in [9.17, 15) is 29.1 Å². The topological polar surface area (TPSA) is 151 Å². The van der Waals surface area contributed by atoms with Crippen molar-refractivity contribution in [3.8, 4) is 0 Å². The van der Waals surface area contributed by atoms with E-state index in [2.05, 4.69) is 17.2 Å². The number of nitrogens with one attached hydrogen (secondary N) is 2. The minimum Gasteiger partial charge on any atom is -0.478 e. The number of alkyl carbamates (subject to hydrolysis) is 1. The first-order valence-electron chi connectivity index (χ1n) is 13.6. The normalized spacial score (nSPS) is 12.3. The molecule has 0 fully saturated rings. The van der Waals surface area contributed by atoms with Crippen molar-refractivity contribution in [2.45, 2.75) is 65.0 Å². The number of amides is 3. The molecular formula is C31H39N3O8. The van der Waals surface area contributed by atoms with E-state index in [1.54, 1.807) is 20.8 Å². The molecule has 0 aliphatic rings. The van der Waals surface area contributed by atoms with Crippen LogP contribution in [0.25, 0.3) is 0 Å². The summed E-state index contributed by atoms with van der Waals surface area (Å²) in [5.74, 6) is -4.10. The minimum atomic E-state index is -1.58. The molecular weight excluding hydrogens is 542 g/mol. The van der Waals surface area contributed by atoms with Crippen LogP contribution >= 0.6 is 0 Å². The second-order valence-electron chi connectivity index (χ2n) is 10.6. The van der Waals surface area contributed by atoms with Crippen molar-refractivity contribution in [3.63, 3.8) is 0 Å². The van der Waals surface area contributed by atoms with Crippen LogP contribution in [0.2, 0.25) is 0 Å². The van der Waals surface area contributed by atoms with E-state index in [-0.39, 0.29) is 23.5 Å². The molecule has 2 rings (SSSR count). The van der Waals surface area contributed by atoms with Gasteiger partial charge in [-0.3, -0.25) is 14.5 Å². The zero-order valence-electron chi connectivity index (χ0n) is 24.7. The molecule has 11 heteroatoms. The number of para-hydroxylation sites is 1. The van der Waals surface area contributed by atoms with Gasteiger partial charge in [0.25, 0.3) is 0 Å². The van der Waals surface area contributed by atoms with Gasteiger partial charge in [-0.1, -0.05) is 56.7 Å². The molecule has 2 aromatic rings. The first-order chi connectivity index (χ1) is 19.7. The minimum absolute atomic E-state index is 0.0591. The number of esters is 1. The van der Waals surface area contributed by atoms with E-state index in [0.717, 1.165) is 24.2 Å². The molecule has 3 amide bonds. The molecule has 3 N–H and O–H groups in total. The van der Waals surface area contributed by atoms with Gasteiger partial charge in [0.15, 0.2) is 0 Å². The van der Waals surface area contributed by atoms with Crippen LogP contribution in [0, 0.1) is 0 Å². The SMILES string of the molecule is C=CCOC(=O)NC(C)(C(=O)NCCCCC)c1ccc(N(C(=O)C(=O)OC(C)(C)C)c2ccccc2C(=O)O)cc1. The van der Waals surface area contributed by atoms with Gasteiger partial charge >= 0.3 is 23.9 Å². The smallest absolute Gasteiger partial charge is 0.408 e. The van der Waals surface area contributed by atoms with Crippen LogP contribution in [0.3, 0.4) is 0 Å². The second-order valence-corrected chi connectivity index (χ2v) is 10.6. The van der Waals surface area contributed by atoms with Gasteiger partial charge in [0.05, 0.1) is 11.3 Å². The Morgan fingerprint density at radius 2 is 1.62 bits per heavy atom. The lowest BCUT2D eigenvalue weighted by Gasteiger charge is -2.31. The van der Waals surface area contributed by atoms with Crippen molar-refractivity contribution in [3.05, 3.63) is 72.3 Å². The maximum absolute atomic E-state index is 13.4. The van der Waals surface area contributed by atoms with Gasteiger partial charge in [0.1, 0.15) is 17.7 Å². The van der Waals surface area contributed by atoms with Crippen LogP contribution in [0.1, 0.15) is 69.8 Å². The van der Waals surface area contributed by atoms with Crippen molar-refractivity contribution < 1.29 is 38.6 Å². The van der Waals surface area contributed by atoms with Crippen LogP contribution < -0.4 is 15.5 Å². The molecule has 11 nitrogen and oxygen atoms in total. The number of nitrogens with zero attached hydrogens (tertiary/aromatic N) is 1. The number of carbonyl (C=O) groups excluding carboxylic acids is 4. The van der Waals surface area contributed by atoms with Crippen LogP contribution in [0.15, 0.2) is 61.2 Å². The molecule has 0 heterocycles. The van der Waals surface area contributed by atoms with E-state index in [1.165, 1.54) is 61.5 Å². The summed E-state index contributed by atoms with van der Waals surface area (Å²) in [5.41, 5.74) is -2.37. The van der Waals surface area contributed by atoms with Gasteiger partial charge < -0.3 is 25.2 Å². The first-order valence-corrected chi connectivity index (χ1v) is 13.6. The number of carbonyl (C=O) groups is 5. The highest BCUT2D eigenvalue weighted by Gasteiger charge is 2.38. The number of unbranched alkanes of at least 4 members (excludes halogenated alkanes) is 2. The van der Waals surface area contributed by atoms with Crippen LogP contribution in [0.5, 0.6) is 0 Å². The Labute approximate surface area is 245 Å².